The van der Waals surface area contributed by atoms with Gasteiger partial charge in [-0.3, -0.25) is 18.7 Å². The Morgan fingerprint density at radius 2 is 1.76 bits per heavy atom. The lowest BCUT2D eigenvalue weighted by Gasteiger charge is -2.35. The fourth-order valence-corrected chi connectivity index (χ4v) is 7.71. The summed E-state index contributed by atoms with van der Waals surface area (Å²) in [4.78, 5) is 34.7. The van der Waals surface area contributed by atoms with Crippen molar-refractivity contribution in [1.82, 2.24) is 14.8 Å². The SMILES string of the molecule is Cc1[nH]c(C=C2C(=O)Nc3ccc(S(=O)Cc4c(Cl)cccc4Cl)cc32)c(C)c1CC(=O)N1CCN(CC2CC2)CC1. The van der Waals surface area contributed by atoms with E-state index in [9.17, 15) is 13.8 Å². The van der Waals surface area contributed by atoms with Gasteiger partial charge in [-0.05, 0) is 80.1 Å². The highest BCUT2D eigenvalue weighted by molar-refractivity contribution is 7.84. The average Bonchev–Trinajstić information content (AvgIpc) is 3.68. The largest absolute Gasteiger partial charge is 0.359 e. The first-order chi connectivity index (χ1) is 20.2. The summed E-state index contributed by atoms with van der Waals surface area (Å²) in [6.07, 6.45) is 4.84. The average molecular weight is 626 g/mol. The van der Waals surface area contributed by atoms with Crippen LogP contribution in [0, 0.1) is 19.8 Å². The fraction of sp³-hybridized carbons (Fsp3) is 0.375. The molecule has 3 aromatic rings. The Morgan fingerprint density at radius 1 is 1.05 bits per heavy atom. The van der Waals surface area contributed by atoms with Crippen LogP contribution in [0.25, 0.3) is 11.6 Å². The number of piperazine rings is 1. The molecule has 2 N–H and O–H groups in total. The maximum absolute atomic E-state index is 13.3. The first-order valence-corrected chi connectivity index (χ1v) is 16.4. The number of halogens is 2. The number of carbonyl (C=O) groups excluding carboxylic acids is 2. The molecule has 220 valence electrons. The smallest absolute Gasteiger partial charge is 0.256 e. The van der Waals surface area contributed by atoms with E-state index in [-0.39, 0.29) is 17.6 Å². The zero-order valence-corrected chi connectivity index (χ0v) is 26.1. The molecular weight excluding hydrogens is 591 g/mol. The number of benzene rings is 2. The normalized spacial score (nSPS) is 18.8. The zero-order valence-electron chi connectivity index (χ0n) is 23.8. The summed E-state index contributed by atoms with van der Waals surface area (Å²) in [6, 6.07) is 10.5. The van der Waals surface area contributed by atoms with E-state index >= 15 is 0 Å². The molecule has 42 heavy (non-hydrogen) atoms. The number of anilines is 1. The van der Waals surface area contributed by atoms with Crippen LogP contribution in [0.4, 0.5) is 5.69 Å². The highest BCUT2D eigenvalue weighted by Crippen LogP contribution is 2.36. The third kappa shape index (κ3) is 6.09. The number of aromatic amines is 1. The van der Waals surface area contributed by atoms with Gasteiger partial charge in [0, 0.05) is 75.9 Å². The van der Waals surface area contributed by atoms with Crippen LogP contribution >= 0.6 is 23.2 Å². The standard InChI is InChI=1S/C32H34Cl2N4O3S/c1-19-23(16-31(39)38-12-10-37(11-13-38)17-21-6-7-21)20(2)35-30(19)15-25-24-14-22(8-9-29(24)36-32(25)40)42(41)18-26-27(33)4-3-5-28(26)34/h3-5,8-9,14-15,21,35H,6-7,10-13,16-18H2,1-2H3,(H,36,40). The third-order valence-corrected chi connectivity index (χ3v) is 10.6. The van der Waals surface area contributed by atoms with E-state index in [1.54, 1.807) is 36.4 Å². The second-order valence-corrected chi connectivity index (χ2v) is 13.7. The van der Waals surface area contributed by atoms with E-state index in [1.807, 2.05) is 24.8 Å². The number of hydrogen-bond donors (Lipinski definition) is 2. The molecule has 0 spiro atoms. The molecule has 7 nitrogen and oxygen atoms in total. The van der Waals surface area contributed by atoms with Gasteiger partial charge in [0.2, 0.25) is 5.91 Å². The fourth-order valence-electron chi connectivity index (χ4n) is 5.81. The van der Waals surface area contributed by atoms with Crippen LogP contribution in [0.5, 0.6) is 0 Å². The Hall–Kier alpha value is -2.91. The van der Waals surface area contributed by atoms with Crippen molar-refractivity contribution in [1.29, 1.82) is 0 Å². The van der Waals surface area contributed by atoms with Gasteiger partial charge in [0.05, 0.1) is 28.5 Å². The van der Waals surface area contributed by atoms with Crippen LogP contribution in [-0.4, -0.2) is 63.5 Å². The predicted octanol–water partition coefficient (Wildman–Crippen LogP) is 5.84. The first-order valence-electron chi connectivity index (χ1n) is 14.3. The van der Waals surface area contributed by atoms with E-state index in [2.05, 4.69) is 15.2 Å². The molecule has 3 aliphatic rings. The van der Waals surface area contributed by atoms with Crippen molar-refractivity contribution in [2.45, 2.75) is 43.8 Å². The molecular formula is C32H34Cl2N4O3S. The molecule has 3 heterocycles. The summed E-state index contributed by atoms with van der Waals surface area (Å²) < 4.78 is 13.3. The van der Waals surface area contributed by atoms with E-state index in [0.29, 0.717) is 43.7 Å². The summed E-state index contributed by atoms with van der Waals surface area (Å²) in [5.41, 5.74) is 6.09. The first kappa shape index (κ1) is 29.2. The van der Waals surface area contributed by atoms with Crippen molar-refractivity contribution in [3.8, 4) is 0 Å². The van der Waals surface area contributed by atoms with Crippen molar-refractivity contribution < 1.29 is 13.8 Å². The lowest BCUT2D eigenvalue weighted by Crippen LogP contribution is -2.49. The highest BCUT2D eigenvalue weighted by atomic mass is 35.5. The number of rotatable bonds is 8. The maximum Gasteiger partial charge on any atom is 0.256 e. The van der Waals surface area contributed by atoms with Gasteiger partial charge >= 0.3 is 0 Å². The Kier molecular flexibility index (Phi) is 8.33. The number of fused-ring (bicyclic) bond motifs is 1. The number of carbonyl (C=O) groups is 2. The molecule has 10 heteroatoms. The predicted molar refractivity (Wildman–Crippen MR) is 169 cm³/mol. The van der Waals surface area contributed by atoms with Gasteiger partial charge in [-0.1, -0.05) is 29.3 Å². The van der Waals surface area contributed by atoms with E-state index < -0.39 is 10.8 Å². The number of nitrogens with one attached hydrogen (secondary N) is 2. The molecule has 6 rings (SSSR count). The van der Waals surface area contributed by atoms with Gasteiger partial charge in [-0.2, -0.15) is 0 Å². The number of aryl methyl sites for hydroxylation is 1. The van der Waals surface area contributed by atoms with Crippen molar-refractivity contribution in [2.24, 2.45) is 5.92 Å². The lowest BCUT2D eigenvalue weighted by atomic mass is 10.0. The van der Waals surface area contributed by atoms with E-state index in [0.717, 1.165) is 54.6 Å². The molecule has 2 fully saturated rings. The molecule has 1 saturated carbocycles. The minimum absolute atomic E-state index is 0.139. The highest BCUT2D eigenvalue weighted by Gasteiger charge is 2.29. The van der Waals surface area contributed by atoms with Gasteiger partial charge in [0.15, 0.2) is 0 Å². The van der Waals surface area contributed by atoms with E-state index in [1.165, 1.54) is 19.4 Å². The van der Waals surface area contributed by atoms with Gasteiger partial charge in [0.25, 0.3) is 5.91 Å². The Bertz CT molecular complexity index is 1600. The van der Waals surface area contributed by atoms with Crippen molar-refractivity contribution >= 4 is 63.2 Å². The summed E-state index contributed by atoms with van der Waals surface area (Å²) >= 11 is 12.6. The maximum atomic E-state index is 13.3. The van der Waals surface area contributed by atoms with Gasteiger partial charge < -0.3 is 15.2 Å². The lowest BCUT2D eigenvalue weighted by molar-refractivity contribution is -0.132. The van der Waals surface area contributed by atoms with Gasteiger partial charge in [-0.25, -0.2) is 0 Å². The van der Waals surface area contributed by atoms with Crippen LogP contribution in [0.3, 0.4) is 0 Å². The molecule has 2 amide bonds. The number of H-pyrrole nitrogens is 1. The van der Waals surface area contributed by atoms with Crippen molar-refractivity contribution in [3.05, 3.63) is 80.1 Å². The van der Waals surface area contributed by atoms with Crippen LogP contribution in [0.2, 0.25) is 10.0 Å². The summed E-state index contributed by atoms with van der Waals surface area (Å²) in [7, 11) is -1.42. The monoisotopic (exact) mass is 624 g/mol. The van der Waals surface area contributed by atoms with Crippen LogP contribution < -0.4 is 5.32 Å². The summed E-state index contributed by atoms with van der Waals surface area (Å²) in [6.45, 7) is 8.55. The second kappa shape index (κ2) is 12.0. The number of hydrogen-bond acceptors (Lipinski definition) is 4. The van der Waals surface area contributed by atoms with E-state index in [4.69, 9.17) is 23.2 Å². The van der Waals surface area contributed by atoms with Crippen LogP contribution in [0.15, 0.2) is 41.3 Å². The number of aromatic nitrogens is 1. The molecule has 1 aromatic heterocycles. The second-order valence-electron chi connectivity index (χ2n) is 11.5. The van der Waals surface area contributed by atoms with Gasteiger partial charge in [0.1, 0.15) is 0 Å². The number of amides is 2. The number of nitrogens with zero attached hydrogens (tertiary/aromatic N) is 2. The molecule has 0 radical (unpaired) electrons. The quantitative estimate of drug-likeness (QED) is 0.309. The molecule has 1 unspecified atom stereocenters. The van der Waals surface area contributed by atoms with Crippen LogP contribution in [0.1, 0.15) is 46.5 Å². The summed E-state index contributed by atoms with van der Waals surface area (Å²) in [5, 5.41) is 3.85. The van der Waals surface area contributed by atoms with Gasteiger partial charge in [-0.15, -0.1) is 0 Å². The topological polar surface area (TPSA) is 85.5 Å². The molecule has 0 bridgehead atoms. The molecule has 1 aliphatic carbocycles. The Labute approximate surface area is 258 Å². The molecule has 2 aromatic carbocycles. The molecule has 2 aliphatic heterocycles. The van der Waals surface area contributed by atoms with Crippen molar-refractivity contribution in [3.63, 3.8) is 0 Å². The Balaban J connectivity index is 1.19. The van der Waals surface area contributed by atoms with Crippen molar-refractivity contribution in [2.75, 3.05) is 38.0 Å². The molecule has 1 atom stereocenters. The Morgan fingerprint density at radius 3 is 2.45 bits per heavy atom. The minimum atomic E-state index is -1.42. The summed E-state index contributed by atoms with van der Waals surface area (Å²) in [5.74, 6) is 0.940. The zero-order chi connectivity index (χ0) is 29.5. The third-order valence-electron chi connectivity index (χ3n) is 8.56. The minimum Gasteiger partial charge on any atom is -0.359 e. The molecule has 1 saturated heterocycles. The van der Waals surface area contributed by atoms with Crippen LogP contribution in [-0.2, 0) is 32.6 Å².